The van der Waals surface area contributed by atoms with E-state index in [1.165, 1.54) is 0 Å². The topological polar surface area (TPSA) is 37.0 Å². The summed E-state index contributed by atoms with van der Waals surface area (Å²) in [5.41, 5.74) is 0. The van der Waals surface area contributed by atoms with Crippen molar-refractivity contribution in [2.24, 2.45) is 5.92 Å². The van der Waals surface area contributed by atoms with Gasteiger partial charge in [-0.05, 0) is 19.3 Å². The van der Waals surface area contributed by atoms with Crippen LogP contribution in [0.15, 0.2) is 0 Å². The van der Waals surface area contributed by atoms with Crippen molar-refractivity contribution < 1.29 is 9.90 Å². The molecule has 0 fully saturated rings. The second kappa shape index (κ2) is 7.29. The van der Waals surface area contributed by atoms with Gasteiger partial charge < -0.3 is 0 Å². The zero-order chi connectivity index (χ0) is 9.40. The second-order valence-corrected chi connectivity index (χ2v) is 3.32. The third-order valence-corrected chi connectivity index (χ3v) is 2.09. The molecule has 0 bridgehead atoms. The second-order valence-electron chi connectivity index (χ2n) is 3.32. The highest BCUT2D eigenvalue weighted by Crippen LogP contribution is 2.10. The number of hydrogen-bond donors (Lipinski definition) is 0. The zero-order valence-corrected chi connectivity index (χ0v) is 8.14. The van der Waals surface area contributed by atoms with Gasteiger partial charge in [-0.25, -0.2) is 5.11 Å². The molecule has 0 N–H and O–H groups in total. The molecule has 1 unspecified atom stereocenters. The van der Waals surface area contributed by atoms with Crippen LogP contribution in [-0.4, -0.2) is 12.4 Å². The van der Waals surface area contributed by atoms with Gasteiger partial charge >= 0.3 is 0 Å². The number of carbonyl (C=O) groups excluding carboxylic acids is 1. The normalized spacial score (nSPS) is 12.9. The Morgan fingerprint density at radius 3 is 2.50 bits per heavy atom. The molecule has 0 spiro atoms. The van der Waals surface area contributed by atoms with Crippen molar-refractivity contribution in [3.63, 3.8) is 0 Å². The number of carbonyl (C=O) groups is 1. The molecule has 2 nitrogen and oxygen atoms in total. The quantitative estimate of drug-likeness (QED) is 0.542. The number of ketones is 1. The summed E-state index contributed by atoms with van der Waals surface area (Å²) in [7, 11) is 0. The van der Waals surface area contributed by atoms with Gasteiger partial charge in [-0.15, -0.1) is 0 Å². The molecule has 1 atom stereocenters. The van der Waals surface area contributed by atoms with E-state index >= 15 is 0 Å². The first-order chi connectivity index (χ1) is 5.72. The van der Waals surface area contributed by atoms with E-state index in [1.54, 1.807) is 0 Å². The number of unbranched alkanes of at least 4 members (excludes halogenated alkanes) is 1. The molecule has 0 amide bonds. The van der Waals surface area contributed by atoms with Crippen molar-refractivity contribution in [3.8, 4) is 0 Å². The number of hydrogen-bond acceptors (Lipinski definition) is 1. The number of Topliss-reactive ketones (excluding diaryl/α,β-unsaturated/α-hetero) is 1. The fraction of sp³-hybridized carbons (Fsp3) is 0.900. The molecule has 0 aromatic carbocycles. The Kier molecular flexibility index (Phi) is 7.06. The Morgan fingerprint density at radius 2 is 2.00 bits per heavy atom. The molecule has 1 radical (unpaired) electrons. The summed E-state index contributed by atoms with van der Waals surface area (Å²) >= 11 is 0. The average Bonchev–Trinajstić information content (AvgIpc) is 2.05. The summed E-state index contributed by atoms with van der Waals surface area (Å²) in [4.78, 5) is 11.3. The molecular weight excluding hydrogens is 152 g/mol. The van der Waals surface area contributed by atoms with Crippen LogP contribution in [0.4, 0.5) is 0 Å². The van der Waals surface area contributed by atoms with Crippen molar-refractivity contribution in [1.82, 2.24) is 0 Å². The molecule has 0 aromatic rings. The van der Waals surface area contributed by atoms with Gasteiger partial charge in [0, 0.05) is 12.3 Å². The fourth-order valence-corrected chi connectivity index (χ4v) is 1.24. The van der Waals surface area contributed by atoms with Gasteiger partial charge in [-0.1, -0.05) is 20.3 Å². The highest BCUT2D eigenvalue weighted by Gasteiger charge is 2.10. The minimum Gasteiger partial charge on any atom is -0.299 e. The summed E-state index contributed by atoms with van der Waals surface area (Å²) in [5.74, 6) is 0.520. The Bertz CT molecular complexity index is 121. The van der Waals surface area contributed by atoms with Crippen LogP contribution in [0.1, 0.15) is 46.0 Å². The van der Waals surface area contributed by atoms with Gasteiger partial charge in [0.2, 0.25) is 0 Å². The van der Waals surface area contributed by atoms with Gasteiger partial charge in [-0.3, -0.25) is 4.79 Å². The smallest absolute Gasteiger partial charge is 0.135 e. The van der Waals surface area contributed by atoms with E-state index in [2.05, 4.69) is 6.92 Å². The van der Waals surface area contributed by atoms with Crippen molar-refractivity contribution in [1.29, 1.82) is 0 Å². The Hall–Kier alpha value is -0.370. The fourth-order valence-electron chi connectivity index (χ4n) is 1.24. The first-order valence-electron chi connectivity index (χ1n) is 4.83. The lowest BCUT2D eigenvalue weighted by Gasteiger charge is -2.07. The van der Waals surface area contributed by atoms with E-state index < -0.39 is 0 Å². The maximum absolute atomic E-state index is 11.3. The molecule has 0 saturated carbocycles. The Balaban J connectivity index is 3.43. The maximum Gasteiger partial charge on any atom is 0.135 e. The van der Waals surface area contributed by atoms with Crippen LogP contribution >= 0.6 is 0 Å². The third kappa shape index (κ3) is 5.30. The summed E-state index contributed by atoms with van der Waals surface area (Å²) < 4.78 is 0. The molecule has 2 heteroatoms. The van der Waals surface area contributed by atoms with E-state index in [0.29, 0.717) is 18.6 Å². The summed E-state index contributed by atoms with van der Waals surface area (Å²) in [6.07, 6.45) is 4.06. The van der Waals surface area contributed by atoms with Gasteiger partial charge in [-0.2, -0.15) is 0 Å². The van der Waals surface area contributed by atoms with Crippen LogP contribution < -0.4 is 0 Å². The highest BCUT2D eigenvalue weighted by molar-refractivity contribution is 5.80. The molecule has 0 aromatic heterocycles. The third-order valence-electron chi connectivity index (χ3n) is 2.09. The predicted molar refractivity (Wildman–Crippen MR) is 48.5 cm³/mol. The van der Waals surface area contributed by atoms with E-state index in [1.807, 2.05) is 6.92 Å². The molecule has 0 heterocycles. The van der Waals surface area contributed by atoms with Crippen LogP contribution in [0.5, 0.6) is 0 Å². The van der Waals surface area contributed by atoms with Crippen LogP contribution in [0.2, 0.25) is 0 Å². The minimum atomic E-state index is -0.0462. The first kappa shape index (κ1) is 11.6. The van der Waals surface area contributed by atoms with Crippen molar-refractivity contribution in [3.05, 3.63) is 0 Å². The SMILES string of the molecule is CCCC(C)C(=O)CCCC[O]. The van der Waals surface area contributed by atoms with Gasteiger partial charge in [0.1, 0.15) is 5.78 Å². The monoisotopic (exact) mass is 171 g/mol. The van der Waals surface area contributed by atoms with Gasteiger partial charge in [0.25, 0.3) is 0 Å². The van der Waals surface area contributed by atoms with Crippen molar-refractivity contribution in [2.45, 2.75) is 46.0 Å². The summed E-state index contributed by atoms with van der Waals surface area (Å²) in [5, 5.41) is 10.1. The average molecular weight is 171 g/mol. The Morgan fingerprint density at radius 1 is 1.33 bits per heavy atom. The standard InChI is InChI=1S/C10H19O2/c1-3-6-9(2)10(12)7-4-5-8-11/h9H,3-8H2,1-2H3. The van der Waals surface area contributed by atoms with Crippen LogP contribution in [-0.2, 0) is 9.90 Å². The molecule has 0 aliphatic carbocycles. The van der Waals surface area contributed by atoms with Gasteiger partial charge in [0.15, 0.2) is 0 Å². The summed E-state index contributed by atoms with van der Waals surface area (Å²) in [6.45, 7) is 4.01. The lowest BCUT2D eigenvalue weighted by Crippen LogP contribution is -2.10. The van der Waals surface area contributed by atoms with Gasteiger partial charge in [0.05, 0.1) is 6.61 Å². The maximum atomic E-state index is 11.3. The van der Waals surface area contributed by atoms with Crippen LogP contribution in [0.25, 0.3) is 0 Å². The molecular formula is C10H19O2. The number of rotatable bonds is 7. The van der Waals surface area contributed by atoms with Crippen molar-refractivity contribution >= 4 is 5.78 Å². The van der Waals surface area contributed by atoms with E-state index in [0.717, 1.165) is 19.3 Å². The van der Waals surface area contributed by atoms with Crippen LogP contribution in [0.3, 0.4) is 0 Å². The van der Waals surface area contributed by atoms with Crippen LogP contribution in [0, 0.1) is 5.92 Å². The molecule has 12 heavy (non-hydrogen) atoms. The van der Waals surface area contributed by atoms with Crippen molar-refractivity contribution in [2.75, 3.05) is 6.61 Å². The zero-order valence-electron chi connectivity index (χ0n) is 8.14. The Labute approximate surface area is 75.0 Å². The molecule has 0 saturated heterocycles. The summed E-state index contributed by atoms with van der Waals surface area (Å²) in [6, 6.07) is 0. The van der Waals surface area contributed by atoms with E-state index in [-0.39, 0.29) is 12.5 Å². The largest absolute Gasteiger partial charge is 0.299 e. The van der Waals surface area contributed by atoms with E-state index in [9.17, 15) is 9.90 Å². The highest BCUT2D eigenvalue weighted by atomic mass is 16.2. The lowest BCUT2D eigenvalue weighted by atomic mass is 9.97. The first-order valence-corrected chi connectivity index (χ1v) is 4.83. The molecule has 0 aliphatic heterocycles. The van der Waals surface area contributed by atoms with E-state index in [4.69, 9.17) is 0 Å². The molecule has 0 rings (SSSR count). The minimum absolute atomic E-state index is 0.0462. The molecule has 0 aliphatic rings. The molecule has 71 valence electrons. The predicted octanol–water partition coefficient (Wildman–Crippen LogP) is 2.59. The lowest BCUT2D eigenvalue weighted by molar-refractivity contribution is -0.122.